The van der Waals surface area contributed by atoms with Crippen LogP contribution in [0.25, 0.3) is 11.1 Å². The Kier molecular flexibility index (Phi) is 3.03. The number of hydrogen-bond acceptors (Lipinski definition) is 6. The highest BCUT2D eigenvalue weighted by Gasteiger charge is 2.13. The number of nitrogens with two attached hydrogens (primary N) is 1. The fourth-order valence-electron chi connectivity index (χ4n) is 1.67. The fourth-order valence-corrected chi connectivity index (χ4v) is 2.41. The van der Waals surface area contributed by atoms with E-state index in [0.717, 1.165) is 17.3 Å². The number of nitrogens with zero attached hydrogens (tertiary/aromatic N) is 2. The smallest absolute Gasteiger partial charge is 0.337 e. The monoisotopic (exact) mass is 287 g/mol. The van der Waals surface area contributed by atoms with E-state index in [9.17, 15) is 4.79 Å². The zero-order valence-corrected chi connectivity index (χ0v) is 10.9. The fraction of sp³-hybridized carbons (Fsp3) is 0. The number of anilines is 1. The number of aromatic nitrogens is 2. The average Bonchev–Trinajstić information content (AvgIpc) is 2.82. The Hall–Kier alpha value is -2.54. The number of aromatic carboxylic acids is 1. The van der Waals surface area contributed by atoms with Gasteiger partial charge in [-0.3, -0.25) is 0 Å². The summed E-state index contributed by atoms with van der Waals surface area (Å²) in [7, 11) is 0. The van der Waals surface area contributed by atoms with Crippen molar-refractivity contribution in [3.05, 3.63) is 42.1 Å². The molecule has 2 heterocycles. The van der Waals surface area contributed by atoms with Crippen molar-refractivity contribution in [2.45, 2.75) is 10.2 Å². The molecule has 20 heavy (non-hydrogen) atoms. The largest absolute Gasteiger partial charge is 0.478 e. The predicted molar refractivity (Wildman–Crippen MR) is 73.7 cm³/mol. The van der Waals surface area contributed by atoms with Crippen LogP contribution in [0.15, 0.2) is 51.2 Å². The van der Waals surface area contributed by atoms with Crippen LogP contribution < -0.4 is 5.73 Å². The molecule has 3 N–H and O–H groups in total. The highest BCUT2D eigenvalue weighted by molar-refractivity contribution is 7.99. The Balaban J connectivity index is 1.94. The second-order valence-corrected chi connectivity index (χ2v) is 4.94. The summed E-state index contributed by atoms with van der Waals surface area (Å²) in [6.07, 6.45) is 1.31. The maximum Gasteiger partial charge on any atom is 0.337 e. The van der Waals surface area contributed by atoms with E-state index >= 15 is 0 Å². The number of carboxylic acids is 1. The third-order valence-corrected chi connectivity index (χ3v) is 3.39. The minimum absolute atomic E-state index is 0.0126. The van der Waals surface area contributed by atoms with E-state index < -0.39 is 5.97 Å². The van der Waals surface area contributed by atoms with Crippen LogP contribution in [0.1, 0.15) is 10.4 Å². The Labute approximate surface area is 117 Å². The van der Waals surface area contributed by atoms with Crippen LogP contribution in [0.3, 0.4) is 0 Å². The molecule has 3 rings (SSSR count). The molecule has 0 atom stereocenters. The topological polar surface area (TPSA) is 102 Å². The molecule has 6 nitrogen and oxygen atoms in total. The average molecular weight is 287 g/mol. The molecule has 0 unspecified atom stereocenters. The normalized spacial score (nSPS) is 10.8. The highest BCUT2D eigenvalue weighted by atomic mass is 32.2. The van der Waals surface area contributed by atoms with E-state index in [1.807, 2.05) is 24.3 Å². The molecule has 1 aromatic carbocycles. The first kappa shape index (κ1) is 12.5. The van der Waals surface area contributed by atoms with Gasteiger partial charge in [-0.25, -0.2) is 14.8 Å². The van der Waals surface area contributed by atoms with E-state index in [1.165, 1.54) is 12.3 Å². The van der Waals surface area contributed by atoms with Gasteiger partial charge in [0.15, 0.2) is 5.58 Å². The third kappa shape index (κ3) is 2.30. The van der Waals surface area contributed by atoms with Crippen molar-refractivity contribution in [3.63, 3.8) is 0 Å². The lowest BCUT2D eigenvalue weighted by atomic mass is 10.2. The van der Waals surface area contributed by atoms with Gasteiger partial charge in [0.2, 0.25) is 0 Å². The SMILES string of the molecule is Nc1cnc(Sc2nc3ccccc3o2)cc1C(=O)O. The molecule has 0 fully saturated rings. The van der Waals surface area contributed by atoms with Gasteiger partial charge >= 0.3 is 5.97 Å². The van der Waals surface area contributed by atoms with Crippen LogP contribution in [-0.4, -0.2) is 21.0 Å². The zero-order chi connectivity index (χ0) is 14.1. The minimum Gasteiger partial charge on any atom is -0.478 e. The van der Waals surface area contributed by atoms with Crippen molar-refractivity contribution < 1.29 is 14.3 Å². The summed E-state index contributed by atoms with van der Waals surface area (Å²) in [5.74, 6) is -1.09. The Bertz CT molecular complexity index is 767. The molecule has 0 amide bonds. The molecule has 0 saturated heterocycles. The number of hydrogen-bond donors (Lipinski definition) is 2. The van der Waals surface area contributed by atoms with Crippen LogP contribution in [-0.2, 0) is 0 Å². The lowest BCUT2D eigenvalue weighted by Gasteiger charge is -2.01. The molecule has 7 heteroatoms. The molecule has 3 aromatic rings. The predicted octanol–water partition coefficient (Wildman–Crippen LogP) is 2.65. The van der Waals surface area contributed by atoms with Crippen molar-refractivity contribution in [1.82, 2.24) is 9.97 Å². The van der Waals surface area contributed by atoms with E-state index in [2.05, 4.69) is 9.97 Å². The van der Waals surface area contributed by atoms with E-state index in [1.54, 1.807) is 0 Å². The molecular weight excluding hydrogens is 278 g/mol. The van der Waals surface area contributed by atoms with Crippen LogP contribution >= 0.6 is 11.8 Å². The van der Waals surface area contributed by atoms with Gasteiger partial charge in [-0.05, 0) is 30.0 Å². The summed E-state index contributed by atoms with van der Waals surface area (Å²) in [6.45, 7) is 0. The summed E-state index contributed by atoms with van der Waals surface area (Å²) in [6, 6.07) is 8.76. The standard InChI is InChI=1S/C13H9N3O3S/c14-8-6-15-11(5-7(8)12(17)18)20-13-16-9-3-1-2-4-10(9)19-13/h1-6H,14H2,(H,17,18). The number of pyridine rings is 1. The number of para-hydroxylation sites is 2. The summed E-state index contributed by atoms with van der Waals surface area (Å²) >= 11 is 1.15. The first-order valence-electron chi connectivity index (χ1n) is 5.66. The van der Waals surface area contributed by atoms with Crippen LogP contribution in [0.5, 0.6) is 0 Å². The van der Waals surface area contributed by atoms with E-state index in [-0.39, 0.29) is 11.3 Å². The van der Waals surface area contributed by atoms with E-state index in [4.69, 9.17) is 15.3 Å². The van der Waals surface area contributed by atoms with Crippen molar-refractivity contribution >= 4 is 34.5 Å². The highest BCUT2D eigenvalue weighted by Crippen LogP contribution is 2.29. The third-order valence-electron chi connectivity index (χ3n) is 2.61. The maximum absolute atomic E-state index is 11.0. The van der Waals surface area contributed by atoms with Gasteiger partial charge in [0.25, 0.3) is 5.22 Å². The quantitative estimate of drug-likeness (QED) is 0.763. The molecule has 2 aromatic heterocycles. The second-order valence-electron chi connectivity index (χ2n) is 3.96. The number of nitrogen functional groups attached to an aromatic ring is 1. The molecule has 0 spiro atoms. The number of fused-ring (bicyclic) bond motifs is 1. The van der Waals surface area contributed by atoms with E-state index in [0.29, 0.717) is 15.8 Å². The molecule has 0 radical (unpaired) electrons. The molecule has 0 saturated carbocycles. The molecule has 0 aliphatic carbocycles. The Morgan fingerprint density at radius 1 is 1.35 bits per heavy atom. The molecule has 100 valence electrons. The minimum atomic E-state index is -1.09. The number of rotatable bonds is 3. The number of oxazole rings is 1. The van der Waals surface area contributed by atoms with Gasteiger partial charge in [0.1, 0.15) is 10.5 Å². The van der Waals surface area contributed by atoms with Crippen LogP contribution in [0, 0.1) is 0 Å². The summed E-state index contributed by atoms with van der Waals surface area (Å²) in [5, 5.41) is 9.88. The van der Waals surface area contributed by atoms with Crippen molar-refractivity contribution in [3.8, 4) is 0 Å². The second kappa shape index (κ2) is 4.86. The first-order valence-corrected chi connectivity index (χ1v) is 6.47. The lowest BCUT2D eigenvalue weighted by molar-refractivity contribution is 0.0697. The molecule has 0 aliphatic heterocycles. The maximum atomic E-state index is 11.0. The lowest BCUT2D eigenvalue weighted by Crippen LogP contribution is -2.03. The van der Waals surface area contributed by atoms with Crippen molar-refractivity contribution in [2.24, 2.45) is 0 Å². The van der Waals surface area contributed by atoms with Gasteiger partial charge in [-0.2, -0.15) is 0 Å². The molecular formula is C13H9N3O3S. The van der Waals surface area contributed by atoms with Crippen LogP contribution in [0.4, 0.5) is 5.69 Å². The summed E-state index contributed by atoms with van der Waals surface area (Å²) in [4.78, 5) is 19.4. The zero-order valence-electron chi connectivity index (χ0n) is 10.1. The Morgan fingerprint density at radius 2 is 2.15 bits per heavy atom. The first-order chi connectivity index (χ1) is 9.63. The van der Waals surface area contributed by atoms with Gasteiger partial charge in [-0.1, -0.05) is 12.1 Å². The number of carbonyl (C=O) groups is 1. The van der Waals surface area contributed by atoms with Crippen LogP contribution in [0.2, 0.25) is 0 Å². The number of carboxylic acid groups (broad SMARTS) is 1. The molecule has 0 bridgehead atoms. The van der Waals surface area contributed by atoms with Gasteiger partial charge < -0.3 is 15.3 Å². The van der Waals surface area contributed by atoms with Crippen molar-refractivity contribution in [2.75, 3.05) is 5.73 Å². The van der Waals surface area contributed by atoms with Gasteiger partial charge in [0, 0.05) is 0 Å². The van der Waals surface area contributed by atoms with Crippen molar-refractivity contribution in [1.29, 1.82) is 0 Å². The van der Waals surface area contributed by atoms with Gasteiger partial charge in [-0.15, -0.1) is 0 Å². The Morgan fingerprint density at radius 3 is 2.90 bits per heavy atom. The summed E-state index contributed by atoms with van der Waals surface area (Å²) < 4.78 is 5.54. The number of benzene rings is 1. The summed E-state index contributed by atoms with van der Waals surface area (Å²) in [5.41, 5.74) is 7.10. The molecule has 0 aliphatic rings. The van der Waals surface area contributed by atoms with Gasteiger partial charge in [0.05, 0.1) is 17.4 Å².